The van der Waals surface area contributed by atoms with Crippen molar-refractivity contribution in [2.24, 2.45) is 0 Å². The van der Waals surface area contributed by atoms with Gasteiger partial charge in [0, 0.05) is 29.5 Å². The van der Waals surface area contributed by atoms with E-state index in [1.54, 1.807) is 0 Å². The maximum Gasteiger partial charge on any atom is 0.159 e. The van der Waals surface area contributed by atoms with Gasteiger partial charge in [0.2, 0.25) is 0 Å². The molecular weight excluding hydrogens is 643 g/mol. The zero-order chi connectivity index (χ0) is 35.2. The molecule has 0 amide bonds. The van der Waals surface area contributed by atoms with E-state index in [0.29, 0.717) is 0 Å². The van der Waals surface area contributed by atoms with Gasteiger partial charge in [-0.15, -0.1) is 0 Å². The Bertz CT molecular complexity index is 2720. The summed E-state index contributed by atoms with van der Waals surface area (Å²) in [5.74, 6) is 0.725. The lowest BCUT2D eigenvalue weighted by Crippen LogP contribution is -2.28. The molecule has 10 rings (SSSR count). The molecule has 2 aromatic heterocycles. The predicted octanol–water partition coefficient (Wildman–Crippen LogP) is 12.1. The second-order valence-corrected chi connectivity index (χ2v) is 13.6. The van der Waals surface area contributed by atoms with Gasteiger partial charge >= 0.3 is 0 Å². The molecule has 0 spiro atoms. The van der Waals surface area contributed by atoms with Crippen molar-refractivity contribution < 1.29 is 0 Å². The van der Waals surface area contributed by atoms with Crippen LogP contribution in [-0.2, 0) is 5.41 Å². The van der Waals surface area contributed by atoms with Gasteiger partial charge in [0.1, 0.15) is 0 Å². The largest absolute Gasteiger partial charge is 0.265 e. The van der Waals surface area contributed by atoms with E-state index in [1.807, 2.05) is 42.9 Å². The number of rotatable bonds is 6. The fraction of sp³-hybridized carbons (Fsp3) is 0.0200. The van der Waals surface area contributed by atoms with Crippen LogP contribution in [0, 0.1) is 0 Å². The second-order valence-electron chi connectivity index (χ2n) is 13.6. The average Bonchev–Trinajstić information content (AvgIpc) is 3.54. The molecule has 2 heterocycles. The van der Waals surface area contributed by atoms with E-state index in [9.17, 15) is 0 Å². The van der Waals surface area contributed by atoms with Crippen LogP contribution >= 0.6 is 0 Å². The Morgan fingerprint density at radius 2 is 0.887 bits per heavy atom. The van der Waals surface area contributed by atoms with Crippen molar-refractivity contribution in [2.45, 2.75) is 5.41 Å². The molecule has 7 aromatic carbocycles. The average molecular weight is 676 g/mol. The highest BCUT2D eigenvalue weighted by atomic mass is 14.9. The van der Waals surface area contributed by atoms with Crippen LogP contribution in [-0.4, -0.2) is 15.0 Å². The molecule has 3 heteroatoms. The first-order chi connectivity index (χ1) is 26.3. The van der Waals surface area contributed by atoms with Gasteiger partial charge < -0.3 is 0 Å². The molecule has 0 fully saturated rings. The summed E-state index contributed by atoms with van der Waals surface area (Å²) in [4.78, 5) is 13.8. The number of pyridine rings is 1. The summed E-state index contributed by atoms with van der Waals surface area (Å²) in [6, 6.07) is 65.8. The van der Waals surface area contributed by atoms with Crippen molar-refractivity contribution in [2.75, 3.05) is 0 Å². The van der Waals surface area contributed by atoms with Gasteiger partial charge in [-0.3, -0.25) is 4.98 Å². The van der Waals surface area contributed by atoms with Gasteiger partial charge in [-0.1, -0.05) is 146 Å². The molecule has 0 saturated carbocycles. The maximum absolute atomic E-state index is 4.91. The Labute approximate surface area is 309 Å². The summed E-state index contributed by atoms with van der Waals surface area (Å²) in [6.07, 6.45) is 5.60. The van der Waals surface area contributed by atoms with Crippen LogP contribution < -0.4 is 0 Å². The quantitative estimate of drug-likeness (QED) is 0.176. The molecule has 0 radical (unpaired) electrons. The predicted molar refractivity (Wildman–Crippen MR) is 216 cm³/mol. The van der Waals surface area contributed by atoms with Crippen molar-refractivity contribution in [1.29, 1.82) is 0 Å². The maximum atomic E-state index is 4.91. The van der Waals surface area contributed by atoms with Crippen molar-refractivity contribution in [3.63, 3.8) is 0 Å². The van der Waals surface area contributed by atoms with Gasteiger partial charge in [0.05, 0.1) is 10.9 Å². The number of aromatic nitrogens is 3. The minimum atomic E-state index is -0.532. The van der Waals surface area contributed by atoms with Crippen LogP contribution in [0.25, 0.3) is 66.8 Å². The molecule has 0 aliphatic heterocycles. The van der Waals surface area contributed by atoms with Crippen molar-refractivity contribution >= 4 is 10.9 Å². The van der Waals surface area contributed by atoms with Gasteiger partial charge in [-0.2, -0.15) is 0 Å². The number of nitrogens with zero attached hydrogens (tertiary/aromatic N) is 3. The van der Waals surface area contributed by atoms with Crippen molar-refractivity contribution in [1.82, 2.24) is 15.0 Å². The van der Waals surface area contributed by atoms with E-state index in [0.717, 1.165) is 39.0 Å². The van der Waals surface area contributed by atoms with E-state index in [1.165, 1.54) is 50.1 Å². The Balaban J connectivity index is 1.15. The molecule has 0 bridgehead atoms. The molecule has 0 N–H and O–H groups in total. The van der Waals surface area contributed by atoms with Crippen LogP contribution in [0.4, 0.5) is 0 Å². The number of fused-ring (bicyclic) bond motifs is 4. The smallest absolute Gasteiger partial charge is 0.159 e. The lowest BCUT2D eigenvalue weighted by atomic mass is 9.67. The minimum Gasteiger partial charge on any atom is -0.265 e. The molecule has 248 valence electrons. The lowest BCUT2D eigenvalue weighted by Gasteiger charge is -2.34. The van der Waals surface area contributed by atoms with Crippen LogP contribution in [0.1, 0.15) is 22.3 Å². The highest BCUT2D eigenvalue weighted by molar-refractivity contribution is 5.90. The third-order valence-corrected chi connectivity index (χ3v) is 10.7. The first-order valence-corrected chi connectivity index (χ1v) is 18.0. The normalized spacial score (nSPS) is 12.7. The van der Waals surface area contributed by atoms with Gasteiger partial charge in [0.25, 0.3) is 0 Å². The van der Waals surface area contributed by atoms with E-state index in [-0.39, 0.29) is 0 Å². The Kier molecular flexibility index (Phi) is 7.36. The van der Waals surface area contributed by atoms with Crippen LogP contribution in [0.2, 0.25) is 0 Å². The molecule has 0 unspecified atom stereocenters. The number of para-hydroxylation sites is 1. The SMILES string of the molecule is c1ccc(C2(c3ccccc3)c3cc(-c4ccc(-c5ccncc5)cc4)ccc3-c3ccc(-c4cccc(-c5ncc6ccccc6n5)c4)cc32)cc1. The molecule has 0 atom stereocenters. The topological polar surface area (TPSA) is 38.7 Å². The molecule has 3 nitrogen and oxygen atoms in total. The molecule has 1 aliphatic carbocycles. The number of benzene rings is 7. The van der Waals surface area contributed by atoms with Crippen LogP contribution in [0.3, 0.4) is 0 Å². The van der Waals surface area contributed by atoms with E-state index >= 15 is 0 Å². The number of hydrogen-bond acceptors (Lipinski definition) is 3. The van der Waals surface area contributed by atoms with Crippen LogP contribution in [0.15, 0.2) is 201 Å². The van der Waals surface area contributed by atoms with E-state index in [4.69, 9.17) is 9.97 Å². The second kappa shape index (κ2) is 12.7. The zero-order valence-corrected chi connectivity index (χ0v) is 28.9. The standard InChI is InChI=1S/C50H33N3/c1-3-13-42(14-4-1)50(43-15-5-2-6-16-43)46-31-38(35-20-18-34(19-21-35)36-26-28-51-29-27-36)22-24-44(46)45-25-23-39(32-47(45)50)37-11-9-12-40(30-37)49-52-33-41-10-7-8-17-48(41)53-49/h1-33H. The molecule has 9 aromatic rings. The highest BCUT2D eigenvalue weighted by Crippen LogP contribution is 2.57. The highest BCUT2D eigenvalue weighted by Gasteiger charge is 2.46. The fourth-order valence-corrected chi connectivity index (χ4v) is 8.20. The van der Waals surface area contributed by atoms with E-state index < -0.39 is 5.41 Å². The fourth-order valence-electron chi connectivity index (χ4n) is 8.20. The third kappa shape index (κ3) is 5.17. The first kappa shape index (κ1) is 30.8. The number of hydrogen-bond donors (Lipinski definition) is 0. The Hall–Kier alpha value is -6.97. The minimum absolute atomic E-state index is 0.532. The Morgan fingerprint density at radius 1 is 0.377 bits per heavy atom. The molecule has 1 aliphatic rings. The van der Waals surface area contributed by atoms with Gasteiger partial charge in [0.15, 0.2) is 5.82 Å². The molecular formula is C50H33N3. The zero-order valence-electron chi connectivity index (χ0n) is 28.9. The van der Waals surface area contributed by atoms with Gasteiger partial charge in [-0.05, 0) is 103 Å². The summed E-state index contributed by atoms with van der Waals surface area (Å²) in [5.41, 5.74) is 16.0. The Morgan fingerprint density at radius 3 is 1.55 bits per heavy atom. The summed E-state index contributed by atoms with van der Waals surface area (Å²) >= 11 is 0. The summed E-state index contributed by atoms with van der Waals surface area (Å²) in [7, 11) is 0. The molecule has 53 heavy (non-hydrogen) atoms. The molecule has 0 saturated heterocycles. The van der Waals surface area contributed by atoms with Crippen molar-refractivity contribution in [3.05, 3.63) is 223 Å². The monoisotopic (exact) mass is 675 g/mol. The lowest BCUT2D eigenvalue weighted by molar-refractivity contribution is 0.769. The van der Waals surface area contributed by atoms with Crippen molar-refractivity contribution in [3.8, 4) is 55.9 Å². The third-order valence-electron chi connectivity index (χ3n) is 10.7. The van der Waals surface area contributed by atoms with Gasteiger partial charge in [-0.25, -0.2) is 9.97 Å². The summed E-state index contributed by atoms with van der Waals surface area (Å²) in [6.45, 7) is 0. The summed E-state index contributed by atoms with van der Waals surface area (Å²) < 4.78 is 0. The van der Waals surface area contributed by atoms with E-state index in [2.05, 4.69) is 163 Å². The summed E-state index contributed by atoms with van der Waals surface area (Å²) in [5, 5.41) is 1.04. The first-order valence-electron chi connectivity index (χ1n) is 18.0. The van der Waals surface area contributed by atoms with Crippen LogP contribution in [0.5, 0.6) is 0 Å².